The van der Waals surface area contributed by atoms with Gasteiger partial charge < -0.3 is 5.11 Å². The third-order valence-electron chi connectivity index (χ3n) is 1.46. The van der Waals surface area contributed by atoms with Crippen molar-refractivity contribution in [3.05, 3.63) is 11.6 Å². The molecule has 0 aromatic rings. The quantitative estimate of drug-likeness (QED) is 0.688. The van der Waals surface area contributed by atoms with Crippen molar-refractivity contribution in [2.75, 3.05) is 0 Å². The molecule has 1 radical (unpaired) electrons. The molecule has 0 saturated carbocycles. The molecule has 2 atom stereocenters. The summed E-state index contributed by atoms with van der Waals surface area (Å²) in [6.45, 7) is 6.95. The maximum atomic E-state index is 12.8. The monoisotopic (exact) mass is 179 g/mol. The Morgan fingerprint density at radius 3 is 2.64 bits per heavy atom. The van der Waals surface area contributed by atoms with E-state index in [-0.39, 0.29) is 5.03 Å². The molecule has 0 saturated heterocycles. The van der Waals surface area contributed by atoms with Gasteiger partial charge in [-0.05, 0) is 13.0 Å². The highest BCUT2D eigenvalue weighted by Gasteiger charge is 2.19. The molecule has 2 unspecified atom stereocenters. The average Bonchev–Trinajstić information content (AvgIpc) is 1.98. The summed E-state index contributed by atoms with van der Waals surface area (Å²) in [5, 5.41) is 8.68. The predicted octanol–water partition coefficient (Wildman–Crippen LogP) is 2.43. The lowest BCUT2D eigenvalue weighted by atomic mass is 10.1. The van der Waals surface area contributed by atoms with Crippen molar-refractivity contribution in [2.45, 2.75) is 38.5 Å². The number of rotatable bonds is 5. The maximum absolute atomic E-state index is 12.8. The van der Waals surface area contributed by atoms with Gasteiger partial charge in [-0.1, -0.05) is 31.4 Å². The van der Waals surface area contributed by atoms with E-state index in [9.17, 15) is 4.39 Å². The van der Waals surface area contributed by atoms with E-state index in [4.69, 9.17) is 23.3 Å². The Kier molecular flexibility index (Phi) is 5.51. The van der Waals surface area contributed by atoms with E-state index in [1.165, 1.54) is 0 Å². The summed E-state index contributed by atoms with van der Waals surface area (Å²) >= 11 is 5.21. The number of unbranched alkanes of at least 4 members (excludes halogenated alkanes) is 1. The minimum atomic E-state index is -1.33. The minimum absolute atomic E-state index is 0.270. The second-order valence-electron chi connectivity index (χ2n) is 2.49. The largest absolute Gasteiger partial charge is 0.384 e. The first-order chi connectivity index (χ1) is 5.09. The molecule has 0 aliphatic carbocycles. The summed E-state index contributed by atoms with van der Waals surface area (Å²) in [7, 11) is 0. The summed E-state index contributed by atoms with van der Waals surface area (Å²) in [5.74, 6) is 0. The topological polar surface area (TPSA) is 20.2 Å². The maximum Gasteiger partial charge on any atom is 0.131 e. The molecule has 0 fully saturated rings. The Balaban J connectivity index is 3.63. The summed E-state index contributed by atoms with van der Waals surface area (Å²) in [6.07, 6.45) is -0.696. The van der Waals surface area contributed by atoms with Gasteiger partial charge in [0.25, 0.3) is 0 Å². The molecule has 1 N–H and O–H groups in total. The molecule has 0 aliphatic heterocycles. The van der Waals surface area contributed by atoms with Crippen LogP contribution in [0.3, 0.4) is 0 Å². The second kappa shape index (κ2) is 5.56. The van der Waals surface area contributed by atoms with Crippen LogP contribution in [0.4, 0.5) is 4.39 Å². The molecule has 0 aromatic heterocycles. The number of halogens is 2. The smallest absolute Gasteiger partial charge is 0.131 e. The van der Waals surface area contributed by atoms with Crippen LogP contribution >= 0.6 is 11.6 Å². The van der Waals surface area contributed by atoms with Crippen molar-refractivity contribution in [3.63, 3.8) is 0 Å². The van der Waals surface area contributed by atoms with Gasteiger partial charge in [0.1, 0.15) is 12.3 Å². The molecule has 0 amide bonds. The summed E-state index contributed by atoms with van der Waals surface area (Å²) in [5.41, 5.74) is 0. The van der Waals surface area contributed by atoms with Gasteiger partial charge in [-0.3, -0.25) is 0 Å². The first kappa shape index (κ1) is 10.9. The lowest BCUT2D eigenvalue weighted by Crippen LogP contribution is -2.21. The van der Waals surface area contributed by atoms with Gasteiger partial charge in [0.2, 0.25) is 0 Å². The van der Waals surface area contributed by atoms with Crippen LogP contribution in [0.5, 0.6) is 0 Å². The van der Waals surface area contributed by atoms with Crippen molar-refractivity contribution < 1.29 is 9.50 Å². The van der Waals surface area contributed by atoms with Crippen molar-refractivity contribution in [1.29, 1.82) is 0 Å². The summed E-state index contributed by atoms with van der Waals surface area (Å²) in [6, 6.07) is 0. The predicted molar refractivity (Wildman–Crippen MR) is 44.1 cm³/mol. The first-order valence-electron chi connectivity index (χ1n) is 3.69. The van der Waals surface area contributed by atoms with E-state index in [1.54, 1.807) is 0 Å². The fourth-order valence-electron chi connectivity index (χ4n) is 0.730. The van der Waals surface area contributed by atoms with Crippen LogP contribution in [0.2, 0.25) is 0 Å². The third kappa shape index (κ3) is 4.38. The highest BCUT2D eigenvalue weighted by atomic mass is 35.5. The van der Waals surface area contributed by atoms with E-state index < -0.39 is 12.3 Å². The van der Waals surface area contributed by atoms with Gasteiger partial charge in [-0.2, -0.15) is 0 Å². The van der Waals surface area contributed by atoms with Gasteiger partial charge in [-0.25, -0.2) is 4.39 Å². The molecular weight excluding hydrogens is 167 g/mol. The molecule has 1 nitrogen and oxygen atoms in total. The zero-order valence-corrected chi connectivity index (χ0v) is 7.31. The highest BCUT2D eigenvalue weighted by Crippen LogP contribution is 2.16. The van der Waals surface area contributed by atoms with Crippen LogP contribution in [0.25, 0.3) is 0 Å². The molecule has 0 aliphatic rings. The Morgan fingerprint density at radius 1 is 1.73 bits per heavy atom. The Morgan fingerprint density at radius 2 is 2.27 bits per heavy atom. The van der Waals surface area contributed by atoms with Crippen LogP contribution < -0.4 is 0 Å². The highest BCUT2D eigenvalue weighted by molar-refractivity contribution is 6.29. The second-order valence-corrected chi connectivity index (χ2v) is 2.92. The fraction of sp³-hybridized carbons (Fsp3) is 0.750. The van der Waals surface area contributed by atoms with Crippen LogP contribution in [0, 0.1) is 6.58 Å². The molecule has 0 rings (SSSR count). The minimum Gasteiger partial charge on any atom is -0.384 e. The van der Waals surface area contributed by atoms with E-state index in [0.717, 1.165) is 12.8 Å². The number of alkyl halides is 1. The number of hydrogen-bond donors (Lipinski definition) is 1. The van der Waals surface area contributed by atoms with E-state index in [2.05, 4.69) is 0 Å². The fourth-order valence-corrected chi connectivity index (χ4v) is 0.866. The van der Waals surface area contributed by atoms with Crippen LogP contribution in [0.15, 0.2) is 5.03 Å². The van der Waals surface area contributed by atoms with E-state index in [0.29, 0.717) is 6.42 Å². The lowest BCUT2D eigenvalue weighted by Gasteiger charge is -2.13. The number of aliphatic hydroxyl groups excluding tert-OH is 1. The van der Waals surface area contributed by atoms with Gasteiger partial charge >= 0.3 is 0 Å². The molecule has 0 spiro atoms. The molecule has 3 heteroatoms. The summed E-state index contributed by atoms with van der Waals surface area (Å²) in [4.78, 5) is 0. The van der Waals surface area contributed by atoms with Crippen molar-refractivity contribution in [3.8, 4) is 0 Å². The van der Waals surface area contributed by atoms with E-state index in [1.807, 2.05) is 6.92 Å². The number of hydrogen-bond acceptors (Lipinski definition) is 1. The van der Waals surface area contributed by atoms with Crippen molar-refractivity contribution in [1.82, 2.24) is 0 Å². The van der Waals surface area contributed by atoms with Crippen molar-refractivity contribution in [2.24, 2.45) is 0 Å². The van der Waals surface area contributed by atoms with Gasteiger partial charge in [0.15, 0.2) is 0 Å². The molecule has 65 valence electrons. The Hall–Kier alpha value is -0.0800. The van der Waals surface area contributed by atoms with Gasteiger partial charge in [-0.15, -0.1) is 0 Å². The Labute approximate surface area is 71.9 Å². The van der Waals surface area contributed by atoms with Gasteiger partial charge in [0.05, 0.1) is 0 Å². The third-order valence-corrected chi connectivity index (χ3v) is 1.68. The molecule has 11 heavy (non-hydrogen) atoms. The van der Waals surface area contributed by atoms with Crippen LogP contribution in [0.1, 0.15) is 26.2 Å². The molecular formula is C8H13ClFO. The Bertz CT molecular complexity index is 127. The molecule has 0 heterocycles. The lowest BCUT2D eigenvalue weighted by molar-refractivity contribution is 0.105. The summed E-state index contributed by atoms with van der Waals surface area (Å²) < 4.78 is 12.8. The van der Waals surface area contributed by atoms with Gasteiger partial charge in [0, 0.05) is 5.03 Å². The molecule has 0 aromatic carbocycles. The first-order valence-corrected chi connectivity index (χ1v) is 4.07. The van der Waals surface area contributed by atoms with Crippen LogP contribution in [-0.4, -0.2) is 17.4 Å². The zero-order valence-electron chi connectivity index (χ0n) is 6.56. The van der Waals surface area contributed by atoms with Crippen LogP contribution in [-0.2, 0) is 0 Å². The normalized spacial score (nSPS) is 16.0. The van der Waals surface area contributed by atoms with Crippen molar-refractivity contribution >= 4 is 11.6 Å². The standard InChI is InChI=1S/C8H13ClFO/c1-3-4-5-7(10)8(11)6(2)9/h2,7-8,11H,3-5H2,1H3. The molecule has 0 bridgehead atoms. The average molecular weight is 180 g/mol. The number of aliphatic hydroxyl groups is 1. The SMILES string of the molecule is [CH]=C(Cl)C(O)C(F)CCCC. The van der Waals surface area contributed by atoms with E-state index >= 15 is 0 Å². The zero-order chi connectivity index (χ0) is 8.85.